The second-order valence-electron chi connectivity index (χ2n) is 9.72. The lowest BCUT2D eigenvalue weighted by atomic mass is 9.92. The van der Waals surface area contributed by atoms with Crippen LogP contribution in [0.1, 0.15) is 52.9 Å². The van der Waals surface area contributed by atoms with Crippen LogP contribution in [0.5, 0.6) is 0 Å². The van der Waals surface area contributed by atoms with Crippen molar-refractivity contribution in [3.63, 3.8) is 0 Å². The highest BCUT2D eigenvalue weighted by atomic mass is 19.3. The molecule has 4 saturated heterocycles. The van der Waals surface area contributed by atoms with Crippen molar-refractivity contribution in [1.82, 2.24) is 9.80 Å². The molecule has 0 saturated carbocycles. The Labute approximate surface area is 180 Å². The van der Waals surface area contributed by atoms with Gasteiger partial charge in [-0.2, -0.15) is 8.78 Å². The van der Waals surface area contributed by atoms with Gasteiger partial charge in [-0.05, 0) is 59.4 Å². The second-order valence-corrected chi connectivity index (χ2v) is 9.72. The number of rotatable bonds is 6. The molecule has 0 radical (unpaired) electrons. The van der Waals surface area contributed by atoms with Gasteiger partial charge in [-0.25, -0.2) is 0 Å². The third kappa shape index (κ3) is 5.04. The van der Waals surface area contributed by atoms with Crippen LogP contribution < -0.4 is 0 Å². The molecule has 4 aliphatic rings. The lowest BCUT2D eigenvalue weighted by Crippen LogP contribution is -2.43. The van der Waals surface area contributed by atoms with E-state index in [-0.39, 0.29) is 11.1 Å². The molecular weight excluding hydrogens is 386 g/mol. The average Bonchev–Trinajstić information content (AvgIpc) is 3.35. The Balaban J connectivity index is 0.000000171. The summed E-state index contributed by atoms with van der Waals surface area (Å²) < 4.78 is 36.3. The molecule has 4 rings (SSSR count). The Morgan fingerprint density at radius 1 is 1.00 bits per heavy atom. The minimum absolute atomic E-state index is 0.116. The molecule has 0 N–H and O–H groups in total. The van der Waals surface area contributed by atoms with Crippen molar-refractivity contribution in [2.24, 2.45) is 0 Å². The highest BCUT2D eigenvalue weighted by Crippen LogP contribution is 2.43. The molecular formula is C24H38F2N2O2. The third-order valence-corrected chi connectivity index (χ3v) is 6.85. The maximum Gasteiger partial charge on any atom is 0.270 e. The van der Waals surface area contributed by atoms with Crippen molar-refractivity contribution >= 4 is 0 Å². The van der Waals surface area contributed by atoms with E-state index in [4.69, 9.17) is 9.47 Å². The summed E-state index contributed by atoms with van der Waals surface area (Å²) in [6.45, 7) is 19.8. The molecule has 4 aliphatic heterocycles. The van der Waals surface area contributed by atoms with Gasteiger partial charge in [0.1, 0.15) is 0 Å². The first kappa shape index (κ1) is 23.6. The van der Waals surface area contributed by atoms with Crippen LogP contribution in [-0.2, 0) is 9.47 Å². The van der Waals surface area contributed by atoms with Gasteiger partial charge < -0.3 is 9.47 Å². The van der Waals surface area contributed by atoms with Gasteiger partial charge in [0.25, 0.3) is 6.08 Å². The molecule has 1 atom stereocenters. The molecule has 0 spiro atoms. The van der Waals surface area contributed by atoms with Crippen molar-refractivity contribution in [1.29, 1.82) is 0 Å². The van der Waals surface area contributed by atoms with E-state index in [1.54, 1.807) is 0 Å². The maximum atomic E-state index is 12.6. The monoisotopic (exact) mass is 424 g/mol. The largest absolute Gasteiger partial charge is 0.380 e. The third-order valence-electron chi connectivity index (χ3n) is 6.85. The van der Waals surface area contributed by atoms with E-state index in [9.17, 15) is 8.78 Å². The van der Waals surface area contributed by atoms with Crippen LogP contribution in [0.4, 0.5) is 8.78 Å². The van der Waals surface area contributed by atoms with Gasteiger partial charge in [-0.3, -0.25) is 9.80 Å². The first-order valence-electron chi connectivity index (χ1n) is 11.3. The number of hydrogen-bond donors (Lipinski definition) is 0. The number of halogens is 2. The number of ether oxygens (including phenoxy) is 2. The quantitative estimate of drug-likeness (QED) is 0.573. The number of hydrogen-bond acceptors (Lipinski definition) is 4. The van der Waals surface area contributed by atoms with Gasteiger partial charge in [-0.15, -0.1) is 0 Å². The van der Waals surface area contributed by atoms with Crippen LogP contribution in [0.3, 0.4) is 0 Å². The number of nitrogens with zero attached hydrogens (tertiary/aromatic N) is 2. The molecule has 0 bridgehead atoms. The van der Waals surface area contributed by atoms with Crippen molar-refractivity contribution in [3.8, 4) is 0 Å². The topological polar surface area (TPSA) is 24.9 Å². The second kappa shape index (κ2) is 9.60. The molecule has 170 valence electrons. The van der Waals surface area contributed by atoms with Crippen LogP contribution in [0.2, 0.25) is 0 Å². The highest BCUT2D eigenvalue weighted by molar-refractivity contribution is 5.26. The molecule has 0 unspecified atom stereocenters. The number of fused-ring (bicyclic) bond motifs is 2. The van der Waals surface area contributed by atoms with Gasteiger partial charge in [-0.1, -0.05) is 24.3 Å². The van der Waals surface area contributed by atoms with E-state index < -0.39 is 6.08 Å². The lowest BCUT2D eigenvalue weighted by molar-refractivity contribution is 0.00344. The van der Waals surface area contributed by atoms with E-state index in [2.05, 4.69) is 36.8 Å². The van der Waals surface area contributed by atoms with Crippen molar-refractivity contribution in [2.75, 3.05) is 46.0 Å². The molecule has 4 heterocycles. The molecule has 0 aromatic carbocycles. The summed E-state index contributed by atoms with van der Waals surface area (Å²) in [6.07, 6.45) is 3.58. The molecule has 0 aromatic rings. The summed E-state index contributed by atoms with van der Waals surface area (Å²) in [4.78, 5) is 4.65. The van der Waals surface area contributed by atoms with E-state index in [1.807, 2.05) is 6.92 Å². The van der Waals surface area contributed by atoms with E-state index in [0.717, 1.165) is 51.9 Å². The Hall–Kier alpha value is -1.08. The summed E-state index contributed by atoms with van der Waals surface area (Å²) in [6, 6.07) is 0. The minimum atomic E-state index is -1.49. The molecule has 4 nitrogen and oxygen atoms in total. The molecule has 0 amide bonds. The normalized spacial score (nSPS) is 28.1. The summed E-state index contributed by atoms with van der Waals surface area (Å²) in [7, 11) is 0. The van der Waals surface area contributed by atoms with Crippen molar-refractivity contribution < 1.29 is 18.3 Å². The zero-order valence-electron chi connectivity index (χ0n) is 18.9. The minimum Gasteiger partial charge on any atom is -0.380 e. The van der Waals surface area contributed by atoms with Gasteiger partial charge in [0, 0.05) is 37.4 Å². The van der Waals surface area contributed by atoms with Crippen molar-refractivity contribution in [2.45, 2.75) is 70.1 Å². The first-order valence-corrected chi connectivity index (χ1v) is 11.3. The Bertz CT molecular complexity index is 667. The van der Waals surface area contributed by atoms with Gasteiger partial charge >= 0.3 is 0 Å². The highest BCUT2D eigenvalue weighted by Gasteiger charge is 2.48. The van der Waals surface area contributed by atoms with Crippen LogP contribution in [0.15, 0.2) is 36.0 Å². The van der Waals surface area contributed by atoms with E-state index in [0.29, 0.717) is 37.9 Å². The van der Waals surface area contributed by atoms with E-state index in [1.165, 1.54) is 11.1 Å². The summed E-state index contributed by atoms with van der Waals surface area (Å²) >= 11 is 0. The van der Waals surface area contributed by atoms with Crippen LogP contribution in [0, 0.1) is 0 Å². The molecule has 30 heavy (non-hydrogen) atoms. The SMILES string of the molecule is C=C1CN2CC(=C)CC2(COC(C)C)C1.CCOC[C@@]12CCCN1CC(=C(F)F)C2. The fraction of sp³-hybridized carbons (Fsp3) is 0.750. The zero-order chi connectivity index (χ0) is 21.9. The Morgan fingerprint density at radius 2 is 1.67 bits per heavy atom. The average molecular weight is 425 g/mol. The van der Waals surface area contributed by atoms with Crippen LogP contribution >= 0.6 is 0 Å². The molecule has 0 aromatic heterocycles. The van der Waals surface area contributed by atoms with Gasteiger partial charge in [0.15, 0.2) is 0 Å². The Kier molecular flexibility index (Phi) is 7.54. The van der Waals surface area contributed by atoms with Crippen LogP contribution in [0.25, 0.3) is 0 Å². The first-order chi connectivity index (χ1) is 14.2. The smallest absolute Gasteiger partial charge is 0.270 e. The fourth-order valence-corrected chi connectivity index (χ4v) is 5.53. The standard InChI is InChI=1S/C13H21NO.C11H17F2NO/c1-10(2)15-9-13-5-11(3)7-14(13)8-12(4)6-13;1-2-15-8-11-4-3-5-14(11)7-9(6-11)10(12)13/h10H,3-9H2,1-2H3;2-8H2,1H3/t;11-/m.0/s1. The molecule has 4 fully saturated rings. The van der Waals surface area contributed by atoms with Crippen molar-refractivity contribution in [3.05, 3.63) is 36.0 Å². The predicted molar refractivity (Wildman–Crippen MR) is 117 cm³/mol. The van der Waals surface area contributed by atoms with Gasteiger partial charge in [0.2, 0.25) is 0 Å². The predicted octanol–water partition coefficient (Wildman–Crippen LogP) is 4.78. The summed E-state index contributed by atoms with van der Waals surface area (Å²) in [5, 5.41) is 0. The van der Waals surface area contributed by atoms with Gasteiger partial charge in [0.05, 0.1) is 24.9 Å². The zero-order valence-corrected chi connectivity index (χ0v) is 18.9. The maximum absolute atomic E-state index is 12.6. The molecule has 6 heteroatoms. The van der Waals surface area contributed by atoms with Crippen LogP contribution in [-0.4, -0.2) is 73.0 Å². The molecule has 0 aliphatic carbocycles. The lowest BCUT2D eigenvalue weighted by Gasteiger charge is -2.31. The summed E-state index contributed by atoms with van der Waals surface area (Å²) in [5.74, 6) is 0. The fourth-order valence-electron chi connectivity index (χ4n) is 5.53. The Morgan fingerprint density at radius 3 is 2.23 bits per heavy atom. The summed E-state index contributed by atoms with van der Waals surface area (Å²) in [5.41, 5.74) is 3.08. The van der Waals surface area contributed by atoms with E-state index >= 15 is 0 Å².